The first-order valence-electron chi connectivity index (χ1n) is 7.03. The molecule has 0 amide bonds. The van der Waals surface area contributed by atoms with Crippen LogP contribution in [0.15, 0.2) is 36.4 Å². The number of fused-ring (bicyclic) bond motifs is 1. The lowest BCUT2D eigenvalue weighted by Crippen LogP contribution is -2.53. The van der Waals surface area contributed by atoms with Gasteiger partial charge in [-0.05, 0) is 34.5 Å². The Hall–Kier alpha value is -1.70. The Morgan fingerprint density at radius 2 is 1.73 bits per heavy atom. The number of rotatable bonds is 3. The number of aliphatic hydroxyl groups excluding tert-OH is 3. The van der Waals surface area contributed by atoms with E-state index in [1.54, 1.807) is 18.2 Å². The van der Waals surface area contributed by atoms with E-state index in [1.165, 1.54) is 0 Å². The molecule has 4 N–H and O–H groups in total. The molecule has 6 nitrogen and oxygen atoms in total. The standard InChI is InChI=1S/C16H18O6/c17-12-4-3-10-5-9(1-2-11(10)6-12)7-21-16-15(20)14(19)13(18)8-22-16/h1-6,13-20H,7-8H2/t13-,14+,15-,16-/m1/s1. The second kappa shape index (κ2) is 6.20. The van der Waals surface area contributed by atoms with Crippen LogP contribution in [0.2, 0.25) is 0 Å². The lowest BCUT2D eigenvalue weighted by atomic mass is 10.1. The first-order chi connectivity index (χ1) is 10.5. The Morgan fingerprint density at radius 1 is 1.00 bits per heavy atom. The van der Waals surface area contributed by atoms with Gasteiger partial charge in [-0.3, -0.25) is 0 Å². The summed E-state index contributed by atoms with van der Waals surface area (Å²) >= 11 is 0. The molecule has 0 aliphatic carbocycles. The Bertz CT molecular complexity index is 658. The van der Waals surface area contributed by atoms with Crippen LogP contribution in [0.3, 0.4) is 0 Å². The maximum Gasteiger partial charge on any atom is 0.186 e. The van der Waals surface area contributed by atoms with Crippen LogP contribution < -0.4 is 0 Å². The molecular formula is C16H18O6. The number of phenolic OH excluding ortho intramolecular Hbond substituents is 1. The summed E-state index contributed by atoms with van der Waals surface area (Å²) in [6.45, 7) is 0.112. The van der Waals surface area contributed by atoms with E-state index in [4.69, 9.17) is 9.47 Å². The van der Waals surface area contributed by atoms with Crippen LogP contribution in [0.1, 0.15) is 5.56 Å². The van der Waals surface area contributed by atoms with Crippen LogP contribution in [0.5, 0.6) is 5.75 Å². The smallest absolute Gasteiger partial charge is 0.186 e. The molecule has 0 saturated carbocycles. The van der Waals surface area contributed by atoms with Gasteiger partial charge in [0.05, 0.1) is 13.2 Å². The molecule has 1 fully saturated rings. The van der Waals surface area contributed by atoms with Crippen molar-refractivity contribution in [3.05, 3.63) is 42.0 Å². The topological polar surface area (TPSA) is 99.4 Å². The van der Waals surface area contributed by atoms with Crippen LogP contribution in [0.25, 0.3) is 10.8 Å². The van der Waals surface area contributed by atoms with Crippen molar-refractivity contribution in [2.45, 2.75) is 31.2 Å². The summed E-state index contributed by atoms with van der Waals surface area (Å²) < 4.78 is 10.7. The van der Waals surface area contributed by atoms with E-state index in [0.29, 0.717) is 0 Å². The van der Waals surface area contributed by atoms with Gasteiger partial charge in [0.1, 0.15) is 24.1 Å². The maximum absolute atomic E-state index is 9.80. The second-order valence-electron chi connectivity index (χ2n) is 5.43. The molecule has 22 heavy (non-hydrogen) atoms. The minimum Gasteiger partial charge on any atom is -0.508 e. The molecule has 0 bridgehead atoms. The van der Waals surface area contributed by atoms with Crippen molar-refractivity contribution in [2.24, 2.45) is 0 Å². The molecule has 1 heterocycles. The fourth-order valence-electron chi connectivity index (χ4n) is 2.48. The molecular weight excluding hydrogens is 288 g/mol. The summed E-state index contributed by atoms with van der Waals surface area (Å²) in [7, 11) is 0. The van der Waals surface area contributed by atoms with Crippen LogP contribution in [-0.4, -0.2) is 51.6 Å². The molecule has 0 radical (unpaired) electrons. The van der Waals surface area contributed by atoms with Crippen molar-refractivity contribution in [3.8, 4) is 5.75 Å². The average molecular weight is 306 g/mol. The van der Waals surface area contributed by atoms with Crippen molar-refractivity contribution in [1.29, 1.82) is 0 Å². The van der Waals surface area contributed by atoms with Crippen molar-refractivity contribution in [1.82, 2.24) is 0 Å². The molecule has 4 atom stereocenters. The molecule has 3 rings (SSSR count). The van der Waals surface area contributed by atoms with Crippen LogP contribution in [0.4, 0.5) is 0 Å². The quantitative estimate of drug-likeness (QED) is 0.659. The lowest BCUT2D eigenvalue weighted by molar-refractivity contribution is -0.273. The lowest BCUT2D eigenvalue weighted by Gasteiger charge is -2.34. The molecule has 1 aliphatic heterocycles. The minimum absolute atomic E-state index is 0.0834. The van der Waals surface area contributed by atoms with E-state index in [2.05, 4.69) is 0 Å². The normalized spacial score (nSPS) is 28.9. The number of hydrogen-bond acceptors (Lipinski definition) is 6. The SMILES string of the molecule is Oc1ccc2cc(CO[C@@H]3OC[C@@H](O)[C@H](O)[C@H]3O)ccc2c1. The zero-order valence-electron chi connectivity index (χ0n) is 11.8. The van der Waals surface area contributed by atoms with Crippen LogP contribution in [-0.2, 0) is 16.1 Å². The van der Waals surface area contributed by atoms with E-state index in [1.807, 2.05) is 18.2 Å². The number of aromatic hydroxyl groups is 1. The van der Waals surface area contributed by atoms with Crippen molar-refractivity contribution < 1.29 is 29.9 Å². The van der Waals surface area contributed by atoms with Gasteiger partial charge < -0.3 is 29.9 Å². The highest BCUT2D eigenvalue weighted by molar-refractivity contribution is 5.84. The van der Waals surface area contributed by atoms with Crippen LogP contribution in [0, 0.1) is 0 Å². The van der Waals surface area contributed by atoms with Gasteiger partial charge in [0.25, 0.3) is 0 Å². The highest BCUT2D eigenvalue weighted by atomic mass is 16.7. The molecule has 1 aliphatic rings. The van der Waals surface area contributed by atoms with E-state index >= 15 is 0 Å². The Morgan fingerprint density at radius 3 is 2.55 bits per heavy atom. The first kappa shape index (κ1) is 15.2. The molecule has 6 heteroatoms. The number of benzene rings is 2. The third kappa shape index (κ3) is 3.06. The van der Waals surface area contributed by atoms with Crippen LogP contribution >= 0.6 is 0 Å². The Kier molecular flexibility index (Phi) is 4.28. The number of ether oxygens (including phenoxy) is 2. The van der Waals surface area contributed by atoms with Crippen molar-refractivity contribution in [3.63, 3.8) is 0 Å². The fourth-order valence-corrected chi connectivity index (χ4v) is 2.48. The van der Waals surface area contributed by atoms with Gasteiger partial charge in [-0.1, -0.05) is 18.2 Å². The van der Waals surface area contributed by atoms with E-state index in [-0.39, 0.29) is 19.0 Å². The number of aliphatic hydroxyl groups is 3. The molecule has 118 valence electrons. The largest absolute Gasteiger partial charge is 0.508 e. The van der Waals surface area contributed by atoms with Gasteiger partial charge in [0, 0.05) is 0 Å². The van der Waals surface area contributed by atoms with Gasteiger partial charge in [0.2, 0.25) is 0 Å². The van der Waals surface area contributed by atoms with E-state index in [0.717, 1.165) is 16.3 Å². The fraction of sp³-hybridized carbons (Fsp3) is 0.375. The Balaban J connectivity index is 1.67. The summed E-state index contributed by atoms with van der Waals surface area (Å²) in [5.74, 6) is 0.211. The van der Waals surface area contributed by atoms with Crippen molar-refractivity contribution in [2.75, 3.05) is 6.61 Å². The summed E-state index contributed by atoms with van der Waals surface area (Å²) in [6, 6.07) is 10.7. The zero-order chi connectivity index (χ0) is 15.7. The maximum atomic E-state index is 9.80. The molecule has 1 saturated heterocycles. The predicted molar refractivity (Wildman–Crippen MR) is 78.2 cm³/mol. The highest BCUT2D eigenvalue weighted by Crippen LogP contribution is 2.23. The molecule has 2 aromatic carbocycles. The average Bonchev–Trinajstić information content (AvgIpc) is 2.52. The molecule has 0 unspecified atom stereocenters. The van der Waals surface area contributed by atoms with Gasteiger partial charge in [0.15, 0.2) is 6.29 Å². The third-order valence-electron chi connectivity index (χ3n) is 3.76. The van der Waals surface area contributed by atoms with Gasteiger partial charge in [-0.15, -0.1) is 0 Å². The third-order valence-corrected chi connectivity index (χ3v) is 3.76. The van der Waals surface area contributed by atoms with E-state index < -0.39 is 24.6 Å². The van der Waals surface area contributed by atoms with Crippen molar-refractivity contribution >= 4 is 10.8 Å². The number of hydrogen-bond donors (Lipinski definition) is 4. The Labute approximate surface area is 127 Å². The van der Waals surface area contributed by atoms with Gasteiger partial charge >= 0.3 is 0 Å². The molecule has 2 aromatic rings. The highest BCUT2D eigenvalue weighted by Gasteiger charge is 2.38. The summed E-state index contributed by atoms with van der Waals surface area (Å²) in [6.07, 6.45) is -4.66. The summed E-state index contributed by atoms with van der Waals surface area (Å²) in [4.78, 5) is 0. The molecule has 0 spiro atoms. The van der Waals surface area contributed by atoms with Gasteiger partial charge in [-0.2, -0.15) is 0 Å². The summed E-state index contributed by atoms with van der Waals surface area (Å²) in [5, 5.41) is 40.1. The van der Waals surface area contributed by atoms with Gasteiger partial charge in [-0.25, -0.2) is 0 Å². The van der Waals surface area contributed by atoms with E-state index in [9.17, 15) is 20.4 Å². The number of phenols is 1. The second-order valence-corrected chi connectivity index (χ2v) is 5.43. The molecule has 0 aromatic heterocycles. The first-order valence-corrected chi connectivity index (χ1v) is 7.03. The predicted octanol–water partition coefficient (Wildman–Crippen LogP) is 0.501. The minimum atomic E-state index is -1.29. The monoisotopic (exact) mass is 306 g/mol. The zero-order valence-corrected chi connectivity index (χ0v) is 11.8. The summed E-state index contributed by atoms with van der Waals surface area (Å²) in [5.41, 5.74) is 0.870.